The number of hydrogen-bond acceptors (Lipinski definition) is 3. The monoisotopic (exact) mass is 370 g/mol. The molecule has 1 aliphatic heterocycles. The van der Waals surface area contributed by atoms with Gasteiger partial charge in [0.05, 0.1) is 6.61 Å². The molecule has 0 saturated carbocycles. The second kappa shape index (κ2) is 8.41. The van der Waals surface area contributed by atoms with Crippen molar-refractivity contribution in [1.82, 2.24) is 5.32 Å². The molecule has 1 heterocycles. The molecule has 138 valence electrons. The number of nitrogens with one attached hydrogen (secondary N) is 2. The van der Waals surface area contributed by atoms with Gasteiger partial charge in [-0.15, -0.1) is 0 Å². The first-order valence-corrected chi connectivity index (χ1v) is 9.59. The van der Waals surface area contributed by atoms with Crippen LogP contribution in [0.5, 0.6) is 11.5 Å². The molecule has 0 saturated heterocycles. The molecule has 0 radical (unpaired) electrons. The van der Waals surface area contributed by atoms with Gasteiger partial charge in [-0.3, -0.25) is 0 Å². The van der Waals surface area contributed by atoms with Gasteiger partial charge < -0.3 is 20.1 Å². The summed E-state index contributed by atoms with van der Waals surface area (Å²) in [6.45, 7) is 7.44. The summed E-state index contributed by atoms with van der Waals surface area (Å²) >= 11 is 5.47. The van der Waals surface area contributed by atoms with Gasteiger partial charge in [-0.2, -0.15) is 0 Å². The third-order valence-electron chi connectivity index (χ3n) is 4.46. The second-order valence-corrected chi connectivity index (χ2v) is 6.86. The average molecular weight is 371 g/mol. The Balaban J connectivity index is 1.69. The van der Waals surface area contributed by atoms with Crippen LogP contribution in [0.3, 0.4) is 0 Å². The van der Waals surface area contributed by atoms with Crippen molar-refractivity contribution in [2.24, 2.45) is 0 Å². The highest BCUT2D eigenvalue weighted by Gasteiger charge is 2.21. The predicted octanol–water partition coefficient (Wildman–Crippen LogP) is 4.46. The highest BCUT2D eigenvalue weighted by Crippen LogP contribution is 2.35. The van der Waals surface area contributed by atoms with E-state index in [-0.39, 0.29) is 6.10 Å². The number of anilines is 1. The summed E-state index contributed by atoms with van der Waals surface area (Å²) in [7, 11) is 0. The van der Waals surface area contributed by atoms with Crippen molar-refractivity contribution in [3.8, 4) is 11.5 Å². The van der Waals surface area contributed by atoms with Crippen LogP contribution in [0.2, 0.25) is 0 Å². The van der Waals surface area contributed by atoms with E-state index in [2.05, 4.69) is 42.7 Å². The summed E-state index contributed by atoms with van der Waals surface area (Å²) in [4.78, 5) is 0. The molecule has 2 aromatic carbocycles. The van der Waals surface area contributed by atoms with Crippen molar-refractivity contribution in [3.05, 3.63) is 53.1 Å². The third-order valence-corrected chi connectivity index (χ3v) is 4.71. The summed E-state index contributed by atoms with van der Waals surface area (Å²) < 4.78 is 11.7. The minimum atomic E-state index is 0.218. The summed E-state index contributed by atoms with van der Waals surface area (Å²) in [5.74, 6) is 1.85. The van der Waals surface area contributed by atoms with Gasteiger partial charge in [0, 0.05) is 29.8 Å². The number of fused-ring (bicyclic) bond motifs is 1. The number of aryl methyl sites for hydroxylation is 1. The molecule has 2 N–H and O–H groups in total. The van der Waals surface area contributed by atoms with Crippen LogP contribution in [0.1, 0.15) is 37.5 Å². The molecular weight excluding hydrogens is 344 g/mol. The van der Waals surface area contributed by atoms with Crippen molar-refractivity contribution in [2.75, 3.05) is 11.9 Å². The van der Waals surface area contributed by atoms with Crippen molar-refractivity contribution < 1.29 is 9.47 Å². The van der Waals surface area contributed by atoms with Crippen molar-refractivity contribution >= 4 is 23.0 Å². The molecule has 2 aromatic rings. The van der Waals surface area contributed by atoms with E-state index in [1.165, 1.54) is 11.1 Å². The zero-order valence-electron chi connectivity index (χ0n) is 15.6. The van der Waals surface area contributed by atoms with E-state index in [0.717, 1.165) is 35.6 Å². The molecule has 1 atom stereocenters. The molecule has 0 bridgehead atoms. The summed E-state index contributed by atoms with van der Waals surface area (Å²) in [6.07, 6.45) is 2.10. The maximum absolute atomic E-state index is 5.88. The van der Waals surface area contributed by atoms with E-state index in [0.29, 0.717) is 18.3 Å². The Kier molecular flexibility index (Phi) is 5.99. The number of rotatable bonds is 6. The van der Waals surface area contributed by atoms with Crippen LogP contribution in [0.15, 0.2) is 36.4 Å². The van der Waals surface area contributed by atoms with Gasteiger partial charge in [-0.05, 0) is 56.2 Å². The lowest BCUT2D eigenvalue weighted by atomic mass is 10.1. The van der Waals surface area contributed by atoms with Crippen LogP contribution >= 0.6 is 12.2 Å². The van der Waals surface area contributed by atoms with Crippen LogP contribution in [0, 0.1) is 0 Å². The Morgan fingerprint density at radius 1 is 1.23 bits per heavy atom. The standard InChI is InChI=1S/C21H26N2O2S/c1-4-15-8-6-7-9-18(15)23-21(26)22-13-17-12-20-16(10-14(3)25-20)11-19(17)24-5-2/h6-9,11-12,14H,4-5,10,13H2,1-3H3,(H2,22,23,26)/t14-/m1/s1. The van der Waals surface area contributed by atoms with Gasteiger partial charge in [-0.25, -0.2) is 0 Å². The van der Waals surface area contributed by atoms with Gasteiger partial charge in [0.2, 0.25) is 0 Å². The van der Waals surface area contributed by atoms with Gasteiger partial charge in [-0.1, -0.05) is 25.1 Å². The smallest absolute Gasteiger partial charge is 0.171 e. The molecule has 26 heavy (non-hydrogen) atoms. The van der Waals surface area contributed by atoms with Crippen LogP contribution < -0.4 is 20.1 Å². The van der Waals surface area contributed by atoms with Crippen molar-refractivity contribution in [1.29, 1.82) is 0 Å². The fourth-order valence-corrected chi connectivity index (χ4v) is 3.38. The quantitative estimate of drug-likeness (QED) is 0.735. The number of thiocarbonyl (C=S) groups is 1. The molecule has 0 fully saturated rings. The molecule has 4 nitrogen and oxygen atoms in total. The molecular formula is C21H26N2O2S. The largest absolute Gasteiger partial charge is 0.494 e. The Labute approximate surface area is 160 Å². The maximum atomic E-state index is 5.88. The van der Waals surface area contributed by atoms with Crippen LogP contribution in [-0.4, -0.2) is 17.8 Å². The predicted molar refractivity (Wildman–Crippen MR) is 110 cm³/mol. The normalized spacial score (nSPS) is 15.1. The Hall–Kier alpha value is -2.27. The minimum absolute atomic E-state index is 0.218. The number of benzene rings is 2. The first kappa shape index (κ1) is 18.5. The Bertz CT molecular complexity index is 792. The lowest BCUT2D eigenvalue weighted by Gasteiger charge is -2.16. The summed E-state index contributed by atoms with van der Waals surface area (Å²) in [6, 6.07) is 12.4. The molecule has 5 heteroatoms. The zero-order chi connectivity index (χ0) is 18.5. The molecule has 1 aliphatic rings. The first-order valence-electron chi connectivity index (χ1n) is 9.18. The zero-order valence-corrected chi connectivity index (χ0v) is 16.4. The van der Waals surface area contributed by atoms with Crippen LogP contribution in [0.25, 0.3) is 0 Å². The molecule has 0 amide bonds. The van der Waals surface area contributed by atoms with Gasteiger partial charge in [0.25, 0.3) is 0 Å². The van der Waals surface area contributed by atoms with Crippen molar-refractivity contribution in [3.63, 3.8) is 0 Å². The molecule has 0 aliphatic carbocycles. The van der Waals surface area contributed by atoms with Crippen LogP contribution in [0.4, 0.5) is 5.69 Å². The second-order valence-electron chi connectivity index (χ2n) is 6.45. The van der Waals surface area contributed by atoms with Gasteiger partial charge >= 0.3 is 0 Å². The lowest BCUT2D eigenvalue weighted by Crippen LogP contribution is -2.28. The Morgan fingerprint density at radius 3 is 2.81 bits per heavy atom. The Morgan fingerprint density at radius 2 is 2.04 bits per heavy atom. The maximum Gasteiger partial charge on any atom is 0.171 e. The highest BCUT2D eigenvalue weighted by molar-refractivity contribution is 7.80. The van der Waals surface area contributed by atoms with Gasteiger partial charge in [0.1, 0.15) is 17.6 Å². The van der Waals surface area contributed by atoms with E-state index >= 15 is 0 Å². The third kappa shape index (κ3) is 4.28. The molecule has 0 unspecified atom stereocenters. The lowest BCUT2D eigenvalue weighted by molar-refractivity contribution is 0.254. The van der Waals surface area contributed by atoms with Crippen LogP contribution in [-0.2, 0) is 19.4 Å². The first-order chi connectivity index (χ1) is 12.6. The molecule has 0 aromatic heterocycles. The van der Waals surface area contributed by atoms with E-state index in [9.17, 15) is 0 Å². The van der Waals surface area contributed by atoms with E-state index < -0.39 is 0 Å². The van der Waals surface area contributed by atoms with E-state index in [4.69, 9.17) is 21.7 Å². The van der Waals surface area contributed by atoms with Crippen molar-refractivity contribution in [2.45, 2.75) is 46.3 Å². The van der Waals surface area contributed by atoms with E-state index in [1.807, 2.05) is 25.1 Å². The fraction of sp³-hybridized carbons (Fsp3) is 0.381. The summed E-state index contributed by atoms with van der Waals surface area (Å²) in [5, 5.41) is 7.18. The fourth-order valence-electron chi connectivity index (χ4n) is 3.20. The van der Waals surface area contributed by atoms with E-state index in [1.54, 1.807) is 0 Å². The molecule has 3 rings (SSSR count). The number of para-hydroxylation sites is 1. The minimum Gasteiger partial charge on any atom is -0.494 e. The average Bonchev–Trinajstić information content (AvgIpc) is 2.99. The number of hydrogen-bond donors (Lipinski definition) is 2. The summed E-state index contributed by atoms with van der Waals surface area (Å²) in [5.41, 5.74) is 4.55. The molecule has 0 spiro atoms. The number of ether oxygens (including phenoxy) is 2. The van der Waals surface area contributed by atoms with Gasteiger partial charge in [0.15, 0.2) is 5.11 Å². The topological polar surface area (TPSA) is 42.5 Å². The highest BCUT2D eigenvalue weighted by atomic mass is 32.1. The SMILES string of the molecule is CCOc1cc2c(cc1CNC(=S)Nc1ccccc1CC)O[C@H](C)C2.